The highest BCUT2D eigenvalue weighted by Gasteiger charge is 2.18. The summed E-state index contributed by atoms with van der Waals surface area (Å²) in [5.41, 5.74) is 6.14. The van der Waals surface area contributed by atoms with Crippen LogP contribution in [0.25, 0.3) is 10.2 Å². The van der Waals surface area contributed by atoms with Crippen molar-refractivity contribution in [2.45, 2.75) is 42.7 Å². The summed E-state index contributed by atoms with van der Waals surface area (Å²) in [6, 6.07) is 8.00. The molecule has 0 aliphatic carbocycles. The van der Waals surface area contributed by atoms with Crippen molar-refractivity contribution < 1.29 is 17.4 Å². The van der Waals surface area contributed by atoms with Crippen LogP contribution in [0, 0.1) is 0 Å². The van der Waals surface area contributed by atoms with Gasteiger partial charge in [-0.15, -0.1) is 11.3 Å². The number of benzene rings is 1. The first-order valence-electron chi connectivity index (χ1n) is 9.36. The number of amides is 1. The van der Waals surface area contributed by atoms with Crippen LogP contribution in [-0.4, -0.2) is 25.9 Å². The zero-order valence-corrected chi connectivity index (χ0v) is 18.2. The maximum Gasteiger partial charge on any atom is 0.348 e. The quantitative estimate of drug-likeness (QED) is 0.329. The standard InChI is InChI=1S/C19H23N3O4S3/c20-11-5-3-1-2-4-7-17(23)22-19-21-15-10-9-14(13-16(15)28-19)26-29(24,25)18-8-6-12-27-18/h6,8-10,12-13H,1-5,7,11,20H2,(H,21,22,23). The first kappa shape index (κ1) is 21.7. The van der Waals surface area contributed by atoms with Crippen molar-refractivity contribution in [3.8, 4) is 5.75 Å². The van der Waals surface area contributed by atoms with E-state index < -0.39 is 10.1 Å². The molecule has 3 rings (SSSR count). The van der Waals surface area contributed by atoms with Crippen LogP contribution < -0.4 is 15.2 Å². The van der Waals surface area contributed by atoms with Gasteiger partial charge in [0.05, 0.1) is 10.2 Å². The van der Waals surface area contributed by atoms with Gasteiger partial charge in [-0.1, -0.05) is 36.7 Å². The predicted octanol–water partition coefficient (Wildman–Crippen LogP) is 4.36. The minimum absolute atomic E-state index is 0.0698. The van der Waals surface area contributed by atoms with Gasteiger partial charge < -0.3 is 15.2 Å². The van der Waals surface area contributed by atoms with Gasteiger partial charge >= 0.3 is 10.1 Å². The van der Waals surface area contributed by atoms with Gasteiger partial charge in [-0.25, -0.2) is 4.98 Å². The number of anilines is 1. The van der Waals surface area contributed by atoms with Gasteiger partial charge in [-0.05, 0) is 43.0 Å². The minimum atomic E-state index is -3.84. The number of nitrogens with zero attached hydrogens (tertiary/aromatic N) is 1. The number of carbonyl (C=O) groups excluding carboxylic acids is 1. The number of nitrogens with one attached hydrogen (secondary N) is 1. The number of hydrogen-bond acceptors (Lipinski definition) is 8. The summed E-state index contributed by atoms with van der Waals surface area (Å²) < 4.78 is 30.6. The van der Waals surface area contributed by atoms with Crippen LogP contribution in [0.5, 0.6) is 5.75 Å². The Kier molecular flexibility index (Phi) is 7.59. The van der Waals surface area contributed by atoms with Gasteiger partial charge in [-0.2, -0.15) is 8.42 Å². The second-order valence-electron chi connectivity index (χ2n) is 6.47. The van der Waals surface area contributed by atoms with Gasteiger partial charge in [0, 0.05) is 12.5 Å². The van der Waals surface area contributed by atoms with Gasteiger partial charge in [0.2, 0.25) is 5.91 Å². The van der Waals surface area contributed by atoms with Crippen molar-refractivity contribution in [2.24, 2.45) is 5.73 Å². The summed E-state index contributed by atoms with van der Waals surface area (Å²) in [7, 11) is -3.84. The number of thiazole rings is 1. The summed E-state index contributed by atoms with van der Waals surface area (Å²) in [5, 5.41) is 4.98. The van der Waals surface area contributed by atoms with Crippen molar-refractivity contribution in [2.75, 3.05) is 11.9 Å². The molecule has 29 heavy (non-hydrogen) atoms. The lowest BCUT2D eigenvalue weighted by atomic mass is 10.1. The lowest BCUT2D eigenvalue weighted by Crippen LogP contribution is -2.10. The van der Waals surface area contributed by atoms with Gasteiger partial charge in [0.1, 0.15) is 5.75 Å². The van der Waals surface area contributed by atoms with E-state index in [1.165, 1.54) is 17.4 Å². The zero-order chi connectivity index (χ0) is 20.7. The van der Waals surface area contributed by atoms with Crippen LogP contribution in [0.3, 0.4) is 0 Å². The molecule has 0 atom stereocenters. The van der Waals surface area contributed by atoms with E-state index >= 15 is 0 Å². The van der Waals surface area contributed by atoms with E-state index in [0.717, 1.165) is 48.1 Å². The Labute approximate surface area is 178 Å². The fourth-order valence-corrected chi connectivity index (χ4v) is 5.51. The largest absolute Gasteiger partial charge is 0.378 e. The summed E-state index contributed by atoms with van der Waals surface area (Å²) >= 11 is 2.38. The fourth-order valence-electron chi connectivity index (χ4n) is 2.73. The van der Waals surface area contributed by atoms with E-state index in [4.69, 9.17) is 9.92 Å². The van der Waals surface area contributed by atoms with Gasteiger partial charge in [0.25, 0.3) is 0 Å². The lowest BCUT2D eigenvalue weighted by molar-refractivity contribution is -0.116. The van der Waals surface area contributed by atoms with E-state index in [1.807, 2.05) is 0 Å². The number of thiophene rings is 1. The highest BCUT2D eigenvalue weighted by molar-refractivity contribution is 7.89. The van der Waals surface area contributed by atoms with Crippen LogP contribution in [0.2, 0.25) is 0 Å². The van der Waals surface area contributed by atoms with E-state index in [0.29, 0.717) is 23.6 Å². The third-order valence-electron chi connectivity index (χ3n) is 4.16. The van der Waals surface area contributed by atoms with Crippen molar-refractivity contribution in [1.82, 2.24) is 4.98 Å². The number of aromatic nitrogens is 1. The predicted molar refractivity (Wildman–Crippen MR) is 117 cm³/mol. The molecule has 3 aromatic rings. The molecule has 2 heterocycles. The molecule has 156 valence electrons. The number of nitrogens with two attached hydrogens (primary N) is 1. The zero-order valence-electron chi connectivity index (χ0n) is 15.8. The molecule has 0 saturated carbocycles. The maximum absolute atomic E-state index is 12.2. The summed E-state index contributed by atoms with van der Waals surface area (Å²) in [6.45, 7) is 0.713. The molecule has 0 aliphatic heterocycles. The van der Waals surface area contributed by atoms with Crippen LogP contribution in [-0.2, 0) is 14.9 Å². The van der Waals surface area contributed by atoms with Crippen LogP contribution in [0.4, 0.5) is 5.13 Å². The minimum Gasteiger partial charge on any atom is -0.378 e. The van der Waals surface area contributed by atoms with Crippen molar-refractivity contribution in [3.63, 3.8) is 0 Å². The summed E-state index contributed by atoms with van der Waals surface area (Å²) in [6.07, 6.45) is 5.50. The average Bonchev–Trinajstić information content (AvgIpc) is 3.34. The Balaban J connectivity index is 1.57. The normalized spacial score (nSPS) is 11.6. The molecule has 7 nitrogen and oxygen atoms in total. The molecule has 1 aromatic carbocycles. The van der Waals surface area contributed by atoms with Crippen LogP contribution >= 0.6 is 22.7 Å². The molecule has 1 amide bonds. The first-order chi connectivity index (χ1) is 14.0. The highest BCUT2D eigenvalue weighted by atomic mass is 32.3. The average molecular weight is 454 g/mol. The number of fused-ring (bicyclic) bond motifs is 1. The second kappa shape index (κ2) is 10.1. The molecule has 0 spiro atoms. The van der Waals surface area contributed by atoms with Gasteiger partial charge in [-0.3, -0.25) is 4.79 Å². The Bertz CT molecular complexity index is 1050. The Morgan fingerprint density at radius 2 is 1.93 bits per heavy atom. The topological polar surface area (TPSA) is 111 Å². The lowest BCUT2D eigenvalue weighted by Gasteiger charge is -2.04. The summed E-state index contributed by atoms with van der Waals surface area (Å²) in [4.78, 5) is 16.5. The maximum atomic E-state index is 12.2. The molecule has 0 saturated heterocycles. The Morgan fingerprint density at radius 3 is 2.69 bits per heavy atom. The van der Waals surface area contributed by atoms with Crippen molar-refractivity contribution in [3.05, 3.63) is 35.7 Å². The number of unbranched alkanes of at least 4 members (excludes halogenated alkanes) is 4. The van der Waals surface area contributed by atoms with E-state index in [1.54, 1.807) is 29.6 Å². The fraction of sp³-hybridized carbons (Fsp3) is 0.368. The highest BCUT2D eigenvalue weighted by Crippen LogP contribution is 2.31. The Hall–Kier alpha value is -2.01. The first-order valence-corrected chi connectivity index (χ1v) is 12.5. The molecule has 0 radical (unpaired) electrons. The van der Waals surface area contributed by atoms with Gasteiger partial charge in [0.15, 0.2) is 9.34 Å². The monoisotopic (exact) mass is 453 g/mol. The van der Waals surface area contributed by atoms with E-state index in [9.17, 15) is 13.2 Å². The molecular formula is C19H23N3O4S3. The SMILES string of the molecule is NCCCCCCCC(=O)Nc1nc2ccc(OS(=O)(=O)c3cccs3)cc2s1. The van der Waals surface area contributed by atoms with Crippen molar-refractivity contribution in [1.29, 1.82) is 0 Å². The third kappa shape index (κ3) is 6.23. The molecule has 0 bridgehead atoms. The second-order valence-corrected chi connectivity index (χ2v) is 10.2. The number of rotatable bonds is 11. The number of carbonyl (C=O) groups is 1. The van der Waals surface area contributed by atoms with Crippen LogP contribution in [0.15, 0.2) is 39.9 Å². The summed E-state index contributed by atoms with van der Waals surface area (Å²) in [5.74, 6) is 0.143. The molecule has 0 unspecified atom stereocenters. The van der Waals surface area contributed by atoms with E-state index in [2.05, 4.69) is 10.3 Å². The van der Waals surface area contributed by atoms with E-state index in [-0.39, 0.29) is 15.9 Å². The molecule has 2 aromatic heterocycles. The smallest absolute Gasteiger partial charge is 0.348 e. The van der Waals surface area contributed by atoms with Crippen molar-refractivity contribution >= 4 is 54.0 Å². The third-order valence-corrected chi connectivity index (χ3v) is 7.70. The molecule has 0 fully saturated rings. The Morgan fingerprint density at radius 1 is 1.14 bits per heavy atom. The molecular weight excluding hydrogens is 430 g/mol. The van der Waals surface area contributed by atoms with Crippen LogP contribution in [0.1, 0.15) is 38.5 Å². The molecule has 3 N–H and O–H groups in total. The molecule has 0 aliphatic rings. The molecule has 10 heteroatoms. The number of hydrogen-bond donors (Lipinski definition) is 2.